The third kappa shape index (κ3) is 4.98. The van der Waals surface area contributed by atoms with Gasteiger partial charge in [0.25, 0.3) is 0 Å². The van der Waals surface area contributed by atoms with E-state index in [0.717, 1.165) is 11.3 Å². The minimum atomic E-state index is -0.126. The summed E-state index contributed by atoms with van der Waals surface area (Å²) in [5.74, 6) is 0.806. The number of nitrogens with zero attached hydrogens (tertiary/aromatic N) is 2. The van der Waals surface area contributed by atoms with E-state index in [4.69, 9.17) is 4.74 Å². The molecular weight excluding hydrogens is 302 g/mol. The molecule has 0 aliphatic heterocycles. The molecule has 1 heterocycles. The van der Waals surface area contributed by atoms with E-state index in [1.807, 2.05) is 57.2 Å². The molecule has 1 aromatic carbocycles. The van der Waals surface area contributed by atoms with Crippen molar-refractivity contribution in [2.24, 2.45) is 0 Å². The molecule has 2 aromatic rings. The Balaban J connectivity index is 1.82. The molecule has 5 heteroatoms. The normalized spacial score (nSPS) is 13.0. The lowest BCUT2D eigenvalue weighted by Crippen LogP contribution is -2.42. The first-order valence-electron chi connectivity index (χ1n) is 8.11. The second kappa shape index (κ2) is 8.34. The number of benzene rings is 1. The van der Waals surface area contributed by atoms with Crippen LogP contribution in [0.3, 0.4) is 0 Å². The van der Waals surface area contributed by atoms with Gasteiger partial charge in [-0.1, -0.05) is 17.7 Å². The summed E-state index contributed by atoms with van der Waals surface area (Å²) >= 11 is 0. The monoisotopic (exact) mass is 327 g/mol. The van der Waals surface area contributed by atoms with Crippen LogP contribution in [0.5, 0.6) is 5.75 Å². The molecule has 128 valence electrons. The van der Waals surface area contributed by atoms with Crippen LogP contribution in [0.2, 0.25) is 0 Å². The van der Waals surface area contributed by atoms with Gasteiger partial charge in [-0.05, 0) is 50.6 Å². The highest BCUT2D eigenvalue weighted by Gasteiger charge is 2.17. The van der Waals surface area contributed by atoms with Crippen molar-refractivity contribution in [2.75, 3.05) is 13.6 Å². The van der Waals surface area contributed by atoms with Crippen LogP contribution in [0, 0.1) is 6.92 Å². The molecule has 2 rings (SSSR count). The Morgan fingerprint density at radius 2 is 1.79 bits per heavy atom. The van der Waals surface area contributed by atoms with Gasteiger partial charge in [-0.15, -0.1) is 0 Å². The van der Waals surface area contributed by atoms with Gasteiger partial charge in [0.2, 0.25) is 0 Å². The topological polar surface area (TPSA) is 54.5 Å². The SMILES string of the molecule is Cc1ccc(O[C@H](C)CNC(=O)N(C)[C@H](C)c2ccncc2)cc1. The summed E-state index contributed by atoms with van der Waals surface area (Å²) in [5.41, 5.74) is 2.24. The summed E-state index contributed by atoms with van der Waals surface area (Å²) in [6.45, 7) is 6.40. The number of hydrogen-bond donors (Lipinski definition) is 1. The predicted octanol–water partition coefficient (Wildman–Crippen LogP) is 3.56. The first kappa shape index (κ1) is 17.8. The number of nitrogens with one attached hydrogen (secondary N) is 1. The van der Waals surface area contributed by atoms with Crippen molar-refractivity contribution in [3.8, 4) is 5.75 Å². The third-order valence-electron chi connectivity index (χ3n) is 3.99. The van der Waals surface area contributed by atoms with Gasteiger partial charge >= 0.3 is 6.03 Å². The summed E-state index contributed by atoms with van der Waals surface area (Å²) in [5, 5.41) is 2.91. The van der Waals surface area contributed by atoms with Gasteiger partial charge in [-0.25, -0.2) is 4.79 Å². The van der Waals surface area contributed by atoms with E-state index in [2.05, 4.69) is 10.3 Å². The Kier molecular flexibility index (Phi) is 6.18. The number of aromatic nitrogens is 1. The Hall–Kier alpha value is -2.56. The number of amides is 2. The second-order valence-electron chi connectivity index (χ2n) is 5.99. The lowest BCUT2D eigenvalue weighted by atomic mass is 10.1. The van der Waals surface area contributed by atoms with Crippen LogP contribution in [0.4, 0.5) is 4.79 Å². The van der Waals surface area contributed by atoms with Gasteiger partial charge in [-0.3, -0.25) is 4.98 Å². The van der Waals surface area contributed by atoms with Crippen molar-refractivity contribution in [2.45, 2.75) is 32.9 Å². The number of carbonyl (C=O) groups excluding carboxylic acids is 1. The van der Waals surface area contributed by atoms with Crippen molar-refractivity contribution in [1.82, 2.24) is 15.2 Å². The molecule has 0 saturated heterocycles. The Morgan fingerprint density at radius 3 is 2.42 bits per heavy atom. The standard InChI is InChI=1S/C19H25N3O2/c1-14-5-7-18(8-6-14)24-15(2)13-21-19(23)22(4)16(3)17-9-11-20-12-10-17/h5-12,15-16H,13H2,1-4H3,(H,21,23)/t15-,16-/m1/s1. The molecule has 5 nitrogen and oxygen atoms in total. The Morgan fingerprint density at radius 1 is 1.17 bits per heavy atom. The minimum Gasteiger partial charge on any atom is -0.489 e. The fourth-order valence-electron chi connectivity index (χ4n) is 2.29. The Labute approximate surface area is 143 Å². The molecule has 0 radical (unpaired) electrons. The smallest absolute Gasteiger partial charge is 0.317 e. The first-order valence-corrected chi connectivity index (χ1v) is 8.11. The van der Waals surface area contributed by atoms with Gasteiger partial charge in [0.05, 0.1) is 12.6 Å². The molecule has 0 saturated carbocycles. The van der Waals surface area contributed by atoms with Gasteiger partial charge in [0.15, 0.2) is 0 Å². The number of carbonyl (C=O) groups is 1. The fraction of sp³-hybridized carbons (Fsp3) is 0.368. The van der Waals surface area contributed by atoms with E-state index >= 15 is 0 Å². The maximum Gasteiger partial charge on any atom is 0.317 e. The zero-order chi connectivity index (χ0) is 17.5. The fourth-order valence-corrected chi connectivity index (χ4v) is 2.29. The van der Waals surface area contributed by atoms with E-state index in [0.29, 0.717) is 6.54 Å². The molecule has 0 spiro atoms. The zero-order valence-corrected chi connectivity index (χ0v) is 14.7. The van der Waals surface area contributed by atoms with E-state index in [-0.39, 0.29) is 18.2 Å². The van der Waals surface area contributed by atoms with E-state index < -0.39 is 0 Å². The van der Waals surface area contributed by atoms with Crippen LogP contribution in [0.15, 0.2) is 48.8 Å². The molecule has 1 aromatic heterocycles. The zero-order valence-electron chi connectivity index (χ0n) is 14.7. The van der Waals surface area contributed by atoms with Gasteiger partial charge in [0, 0.05) is 19.4 Å². The number of urea groups is 1. The lowest BCUT2D eigenvalue weighted by Gasteiger charge is -2.26. The van der Waals surface area contributed by atoms with E-state index in [9.17, 15) is 4.79 Å². The van der Waals surface area contributed by atoms with Crippen molar-refractivity contribution in [3.05, 3.63) is 59.9 Å². The summed E-state index contributed by atoms with van der Waals surface area (Å²) in [6.07, 6.45) is 3.35. The van der Waals surface area contributed by atoms with Crippen molar-refractivity contribution < 1.29 is 9.53 Å². The average molecular weight is 327 g/mol. The first-order chi connectivity index (χ1) is 11.5. The summed E-state index contributed by atoms with van der Waals surface area (Å²) in [7, 11) is 1.78. The van der Waals surface area contributed by atoms with E-state index in [1.54, 1.807) is 24.3 Å². The molecule has 24 heavy (non-hydrogen) atoms. The quantitative estimate of drug-likeness (QED) is 0.882. The largest absolute Gasteiger partial charge is 0.489 e. The predicted molar refractivity (Wildman–Crippen MR) is 95.1 cm³/mol. The van der Waals surface area contributed by atoms with Crippen LogP contribution in [0.1, 0.15) is 31.0 Å². The van der Waals surface area contributed by atoms with Crippen LogP contribution in [-0.4, -0.2) is 35.6 Å². The van der Waals surface area contributed by atoms with E-state index in [1.165, 1.54) is 5.56 Å². The van der Waals surface area contributed by atoms with Gasteiger partial charge in [-0.2, -0.15) is 0 Å². The molecule has 0 aliphatic rings. The average Bonchev–Trinajstić information content (AvgIpc) is 2.61. The van der Waals surface area contributed by atoms with Crippen LogP contribution in [-0.2, 0) is 0 Å². The highest BCUT2D eigenvalue weighted by Crippen LogP contribution is 2.17. The number of rotatable bonds is 6. The Bertz CT molecular complexity index is 643. The number of hydrogen-bond acceptors (Lipinski definition) is 3. The van der Waals surface area contributed by atoms with Crippen LogP contribution in [0.25, 0.3) is 0 Å². The highest BCUT2D eigenvalue weighted by atomic mass is 16.5. The number of pyridine rings is 1. The molecular formula is C19H25N3O2. The third-order valence-corrected chi connectivity index (χ3v) is 3.99. The number of ether oxygens (including phenoxy) is 1. The summed E-state index contributed by atoms with van der Waals surface area (Å²) in [6, 6.07) is 11.6. The molecule has 0 aliphatic carbocycles. The highest BCUT2D eigenvalue weighted by molar-refractivity contribution is 5.74. The molecule has 2 amide bonds. The van der Waals surface area contributed by atoms with Crippen LogP contribution >= 0.6 is 0 Å². The van der Waals surface area contributed by atoms with Crippen molar-refractivity contribution in [1.29, 1.82) is 0 Å². The van der Waals surface area contributed by atoms with Gasteiger partial charge in [0.1, 0.15) is 11.9 Å². The van der Waals surface area contributed by atoms with Gasteiger partial charge < -0.3 is 15.0 Å². The summed E-state index contributed by atoms with van der Waals surface area (Å²) < 4.78 is 5.80. The molecule has 2 atom stereocenters. The second-order valence-corrected chi connectivity index (χ2v) is 5.99. The molecule has 1 N–H and O–H groups in total. The van der Waals surface area contributed by atoms with Crippen molar-refractivity contribution in [3.63, 3.8) is 0 Å². The molecule has 0 fully saturated rings. The maximum atomic E-state index is 12.3. The van der Waals surface area contributed by atoms with Crippen LogP contribution < -0.4 is 10.1 Å². The summed E-state index contributed by atoms with van der Waals surface area (Å²) in [4.78, 5) is 18.0. The number of aryl methyl sites for hydroxylation is 1. The molecule has 0 bridgehead atoms. The molecule has 0 unspecified atom stereocenters. The van der Waals surface area contributed by atoms with Crippen molar-refractivity contribution >= 4 is 6.03 Å². The lowest BCUT2D eigenvalue weighted by molar-refractivity contribution is 0.179. The minimum absolute atomic E-state index is 0.0266. The maximum absolute atomic E-state index is 12.3.